The molecule has 0 radical (unpaired) electrons. The Labute approximate surface area is 285 Å². The molecular weight excluding hydrogens is 595 g/mol. The SMILES string of the molecule is CC1CC1.Cc1ccc(CC(c2ccc(CCCC(P)CN3CCN3C3CC3)cc2)c2[nH]c3ccc(C)cc3c2CCNC=O)cc1. The molecule has 47 heavy (non-hydrogen) atoms. The molecule has 1 aromatic heterocycles. The van der Waals surface area contributed by atoms with Crippen molar-refractivity contribution in [2.45, 2.75) is 96.2 Å². The van der Waals surface area contributed by atoms with Gasteiger partial charge in [-0.3, -0.25) is 4.79 Å². The van der Waals surface area contributed by atoms with Crippen LogP contribution in [0.3, 0.4) is 0 Å². The number of nitrogens with one attached hydrogen (secondary N) is 2. The molecule has 2 aliphatic carbocycles. The summed E-state index contributed by atoms with van der Waals surface area (Å²) in [6.07, 6.45) is 11.8. The highest BCUT2D eigenvalue weighted by Crippen LogP contribution is 2.36. The molecular formula is C41H55N4OP. The lowest BCUT2D eigenvalue weighted by Crippen LogP contribution is -2.59. The minimum absolute atomic E-state index is 0.193. The summed E-state index contributed by atoms with van der Waals surface area (Å²) in [6, 6.07) is 25.8. The summed E-state index contributed by atoms with van der Waals surface area (Å²) >= 11 is 0. The van der Waals surface area contributed by atoms with Crippen molar-refractivity contribution in [3.8, 4) is 0 Å². The standard InChI is InChI=1S/C37H47N4OP.C4H8/c1-26-6-9-29(10-7-26)23-34(37-33(18-19-38-25-42)35-22-27(2)8-17-36(35)39-37)30-13-11-28(12-14-30)4-3-5-32(43)24-40-20-21-41(40)31-15-16-31;1-4-2-3-4/h6-14,17,22,25,31-32,34,39H,3-5,15-16,18-21,23-24,43H2,1-2H3,(H,38,42);4H,2-3H2,1H3. The number of rotatable bonds is 15. The van der Waals surface area contributed by atoms with Gasteiger partial charge < -0.3 is 10.3 Å². The van der Waals surface area contributed by atoms with Crippen LogP contribution >= 0.6 is 9.24 Å². The molecule has 3 fully saturated rings. The largest absolute Gasteiger partial charge is 0.358 e. The van der Waals surface area contributed by atoms with Gasteiger partial charge in [-0.2, -0.15) is 0 Å². The number of aromatic amines is 1. The van der Waals surface area contributed by atoms with Gasteiger partial charge in [-0.15, -0.1) is 9.24 Å². The lowest BCUT2D eigenvalue weighted by Gasteiger charge is -2.45. The average Bonchev–Trinajstić information content (AvgIpc) is 4.00. The molecule has 6 heteroatoms. The van der Waals surface area contributed by atoms with Crippen LogP contribution in [-0.4, -0.2) is 59.3 Å². The third-order valence-electron chi connectivity index (χ3n) is 10.3. The topological polar surface area (TPSA) is 51.4 Å². The van der Waals surface area contributed by atoms with Crippen molar-refractivity contribution in [1.29, 1.82) is 0 Å². The van der Waals surface area contributed by atoms with Gasteiger partial charge in [0.05, 0.1) is 0 Å². The molecule has 3 atom stereocenters. The summed E-state index contributed by atoms with van der Waals surface area (Å²) in [4.78, 5) is 14.9. The lowest BCUT2D eigenvalue weighted by molar-refractivity contribution is -0.118. The first-order valence-electron chi connectivity index (χ1n) is 18.1. The van der Waals surface area contributed by atoms with Crippen LogP contribution in [0.25, 0.3) is 10.9 Å². The zero-order chi connectivity index (χ0) is 32.8. The molecule has 1 aliphatic heterocycles. The van der Waals surface area contributed by atoms with Gasteiger partial charge in [0.1, 0.15) is 0 Å². The van der Waals surface area contributed by atoms with E-state index in [-0.39, 0.29) is 5.92 Å². The van der Waals surface area contributed by atoms with E-state index < -0.39 is 0 Å². The Morgan fingerprint density at radius 1 is 0.915 bits per heavy atom. The number of aryl methyl sites for hydroxylation is 3. The van der Waals surface area contributed by atoms with E-state index in [0.29, 0.717) is 12.2 Å². The summed E-state index contributed by atoms with van der Waals surface area (Å²) < 4.78 is 0. The Morgan fingerprint density at radius 3 is 2.26 bits per heavy atom. The molecule has 0 spiro atoms. The van der Waals surface area contributed by atoms with E-state index in [2.05, 4.69) is 117 Å². The number of carbonyl (C=O) groups is 1. The van der Waals surface area contributed by atoms with E-state index in [1.165, 1.54) is 103 Å². The zero-order valence-electron chi connectivity index (χ0n) is 28.8. The minimum Gasteiger partial charge on any atom is -0.358 e. The normalized spacial score (nSPS) is 17.9. The molecule has 4 aromatic rings. The number of H-pyrrole nitrogens is 1. The maximum atomic E-state index is 11.1. The van der Waals surface area contributed by atoms with E-state index >= 15 is 0 Å². The van der Waals surface area contributed by atoms with Crippen molar-refractivity contribution in [1.82, 2.24) is 20.3 Å². The third kappa shape index (κ3) is 9.34. The van der Waals surface area contributed by atoms with E-state index in [4.69, 9.17) is 0 Å². The van der Waals surface area contributed by atoms with Gasteiger partial charge in [0, 0.05) is 54.7 Å². The number of amides is 1. The van der Waals surface area contributed by atoms with Gasteiger partial charge in [-0.25, -0.2) is 10.0 Å². The van der Waals surface area contributed by atoms with Gasteiger partial charge in [0.2, 0.25) is 6.41 Å². The zero-order valence-corrected chi connectivity index (χ0v) is 30.0. The van der Waals surface area contributed by atoms with Crippen LogP contribution in [0.5, 0.6) is 0 Å². The molecule has 250 valence electrons. The Morgan fingerprint density at radius 2 is 1.62 bits per heavy atom. The number of hydrogen-bond acceptors (Lipinski definition) is 3. The molecule has 1 amide bonds. The van der Waals surface area contributed by atoms with Crippen LogP contribution in [0.4, 0.5) is 0 Å². The number of nitrogens with zero attached hydrogens (tertiary/aromatic N) is 2. The van der Waals surface area contributed by atoms with Crippen molar-refractivity contribution in [3.05, 3.63) is 106 Å². The van der Waals surface area contributed by atoms with Crippen molar-refractivity contribution in [2.24, 2.45) is 5.92 Å². The summed E-state index contributed by atoms with van der Waals surface area (Å²) in [5.74, 6) is 1.28. The minimum atomic E-state index is 0.193. The summed E-state index contributed by atoms with van der Waals surface area (Å²) in [5.41, 5.74) is 11.0. The monoisotopic (exact) mass is 650 g/mol. The molecule has 2 saturated carbocycles. The first-order chi connectivity index (χ1) is 22.9. The fourth-order valence-electron chi connectivity index (χ4n) is 6.90. The molecule has 3 aliphatic rings. The number of hydrogen-bond donors (Lipinski definition) is 2. The van der Waals surface area contributed by atoms with Crippen LogP contribution in [0.15, 0.2) is 66.7 Å². The van der Waals surface area contributed by atoms with Crippen LogP contribution in [-0.2, 0) is 24.1 Å². The van der Waals surface area contributed by atoms with Crippen molar-refractivity contribution >= 4 is 26.6 Å². The van der Waals surface area contributed by atoms with Crippen molar-refractivity contribution in [2.75, 3.05) is 26.2 Å². The fraction of sp³-hybridized carbons (Fsp3) is 0.488. The van der Waals surface area contributed by atoms with Crippen LogP contribution in [0, 0.1) is 19.8 Å². The van der Waals surface area contributed by atoms with Crippen LogP contribution in [0.1, 0.15) is 90.4 Å². The average molecular weight is 651 g/mol. The Hall–Kier alpha value is -2.98. The van der Waals surface area contributed by atoms with Crippen molar-refractivity contribution in [3.63, 3.8) is 0 Å². The highest BCUT2D eigenvalue weighted by atomic mass is 31.0. The summed E-state index contributed by atoms with van der Waals surface area (Å²) in [7, 11) is 3.11. The Kier molecular flexibility index (Phi) is 11.5. The van der Waals surface area contributed by atoms with Gasteiger partial charge in [0.15, 0.2) is 0 Å². The summed E-state index contributed by atoms with van der Waals surface area (Å²) in [6.45, 7) is 10.9. The second kappa shape index (κ2) is 15.9. The number of aromatic nitrogens is 1. The van der Waals surface area contributed by atoms with E-state index in [9.17, 15) is 4.79 Å². The second-order valence-electron chi connectivity index (χ2n) is 14.5. The van der Waals surface area contributed by atoms with Gasteiger partial charge in [0.25, 0.3) is 0 Å². The fourth-order valence-corrected chi connectivity index (χ4v) is 7.38. The first kappa shape index (κ1) is 33.9. The second-order valence-corrected chi connectivity index (χ2v) is 15.5. The van der Waals surface area contributed by atoms with Crippen LogP contribution in [0.2, 0.25) is 0 Å². The predicted octanol–water partition coefficient (Wildman–Crippen LogP) is 8.13. The summed E-state index contributed by atoms with van der Waals surface area (Å²) in [5, 5.41) is 9.33. The van der Waals surface area contributed by atoms with E-state index in [1.807, 2.05) is 0 Å². The highest BCUT2D eigenvalue weighted by molar-refractivity contribution is 7.17. The highest BCUT2D eigenvalue weighted by Gasteiger charge is 2.38. The smallest absolute Gasteiger partial charge is 0.207 e. The molecule has 0 bridgehead atoms. The van der Waals surface area contributed by atoms with Crippen molar-refractivity contribution < 1.29 is 4.79 Å². The van der Waals surface area contributed by atoms with E-state index in [1.54, 1.807) is 0 Å². The molecule has 3 aromatic carbocycles. The maximum Gasteiger partial charge on any atom is 0.207 e. The molecule has 1 saturated heterocycles. The molecule has 2 N–H and O–H groups in total. The third-order valence-corrected chi connectivity index (χ3v) is 10.8. The van der Waals surface area contributed by atoms with Gasteiger partial charge in [-0.1, -0.05) is 85.5 Å². The number of hydrazine groups is 1. The number of fused-ring (bicyclic) bond motifs is 1. The molecule has 2 heterocycles. The maximum absolute atomic E-state index is 11.1. The predicted molar refractivity (Wildman–Crippen MR) is 200 cm³/mol. The molecule has 7 rings (SSSR count). The molecule has 3 unspecified atom stereocenters. The van der Waals surface area contributed by atoms with Gasteiger partial charge in [-0.05, 0) is 105 Å². The number of carbonyl (C=O) groups excluding carboxylic acids is 1. The number of benzene rings is 3. The lowest BCUT2D eigenvalue weighted by atomic mass is 9.85. The van der Waals surface area contributed by atoms with E-state index in [0.717, 1.165) is 43.1 Å². The Bertz CT molecular complexity index is 1590. The Balaban J connectivity index is 0.000000898. The molecule has 5 nitrogen and oxygen atoms in total. The van der Waals surface area contributed by atoms with Crippen LogP contribution < -0.4 is 5.32 Å². The first-order valence-corrected chi connectivity index (χ1v) is 18.7. The quantitative estimate of drug-likeness (QED) is 0.0776. The van der Waals surface area contributed by atoms with Gasteiger partial charge >= 0.3 is 0 Å².